The second-order valence-electron chi connectivity index (χ2n) is 7.38. The maximum Gasteiger partial charge on any atom is 0.173 e. The number of nitrogens with one attached hydrogen (secondary N) is 1. The van der Waals surface area contributed by atoms with Gasteiger partial charge in [-0.05, 0) is 61.3 Å². The van der Waals surface area contributed by atoms with Crippen LogP contribution in [-0.4, -0.2) is 42.8 Å². The Bertz CT molecular complexity index is 872. The third-order valence-corrected chi connectivity index (χ3v) is 5.76. The van der Waals surface area contributed by atoms with Crippen LogP contribution >= 0.6 is 12.2 Å². The van der Waals surface area contributed by atoms with E-state index >= 15 is 0 Å². The number of fused-ring (bicyclic) bond motifs is 1. The van der Waals surface area contributed by atoms with E-state index in [0.29, 0.717) is 0 Å². The molecule has 0 unspecified atom stereocenters. The molecule has 2 aliphatic rings. The Morgan fingerprint density at radius 3 is 2.71 bits per heavy atom. The van der Waals surface area contributed by atoms with E-state index in [1.165, 1.54) is 22.4 Å². The highest BCUT2D eigenvalue weighted by Crippen LogP contribution is 2.31. The van der Waals surface area contributed by atoms with Gasteiger partial charge in [0.1, 0.15) is 5.75 Å². The van der Waals surface area contributed by atoms with Crippen molar-refractivity contribution >= 4 is 28.6 Å². The summed E-state index contributed by atoms with van der Waals surface area (Å²) in [6.07, 6.45) is 4.08. The van der Waals surface area contributed by atoms with Crippen molar-refractivity contribution in [2.24, 2.45) is 0 Å². The fourth-order valence-electron chi connectivity index (χ4n) is 3.82. The van der Waals surface area contributed by atoms with Crippen LogP contribution in [0.2, 0.25) is 0 Å². The minimum atomic E-state index is 0.764. The topological polar surface area (TPSA) is 27.7 Å². The lowest BCUT2D eigenvalue weighted by Crippen LogP contribution is -2.51. The van der Waals surface area contributed by atoms with Crippen molar-refractivity contribution < 1.29 is 4.74 Å². The van der Waals surface area contributed by atoms with E-state index < -0.39 is 0 Å². The standard InChI is InChI=1S/C23H27N3OS/c1-18-6-4-8-20(16-18)25-11-13-26(14-12-25)23(28)24-17-19-7-5-15-27-22-10-3-2-9-21(19)22/h2-4,6,8-10,16-17H,5,7,11-15H2,1H3,(H,24,28)/b19-17-. The molecule has 0 saturated carbocycles. The number of anilines is 1. The highest BCUT2D eigenvalue weighted by molar-refractivity contribution is 7.80. The molecule has 0 radical (unpaired) electrons. The molecule has 4 rings (SSSR count). The second-order valence-corrected chi connectivity index (χ2v) is 7.77. The Labute approximate surface area is 172 Å². The summed E-state index contributed by atoms with van der Waals surface area (Å²) in [6, 6.07) is 17.0. The lowest BCUT2D eigenvalue weighted by atomic mass is 10.0. The first-order valence-corrected chi connectivity index (χ1v) is 10.4. The van der Waals surface area contributed by atoms with Crippen LogP contribution in [0.5, 0.6) is 5.75 Å². The van der Waals surface area contributed by atoms with Crippen LogP contribution in [0, 0.1) is 6.92 Å². The SMILES string of the molecule is Cc1cccc(N2CCN(C(=S)N/C=C3/CCCOc4ccccc43)CC2)c1. The number of hydrogen-bond donors (Lipinski definition) is 1. The largest absolute Gasteiger partial charge is 0.493 e. The number of para-hydroxylation sites is 1. The molecule has 1 fully saturated rings. The third kappa shape index (κ3) is 4.30. The van der Waals surface area contributed by atoms with Crippen LogP contribution in [0.3, 0.4) is 0 Å². The lowest BCUT2D eigenvalue weighted by molar-refractivity contribution is 0.318. The van der Waals surface area contributed by atoms with Crippen molar-refractivity contribution in [3.63, 3.8) is 0 Å². The van der Waals surface area contributed by atoms with Crippen molar-refractivity contribution in [2.75, 3.05) is 37.7 Å². The first kappa shape index (κ1) is 18.8. The Morgan fingerprint density at radius 1 is 1.07 bits per heavy atom. The van der Waals surface area contributed by atoms with Crippen LogP contribution in [0.1, 0.15) is 24.0 Å². The van der Waals surface area contributed by atoms with E-state index in [9.17, 15) is 0 Å². The first-order valence-electron chi connectivity index (χ1n) is 9.99. The highest BCUT2D eigenvalue weighted by Gasteiger charge is 2.19. The molecule has 0 amide bonds. The molecule has 2 aromatic carbocycles. The van der Waals surface area contributed by atoms with Crippen molar-refractivity contribution in [3.05, 3.63) is 65.9 Å². The molecule has 0 atom stereocenters. The molecule has 2 heterocycles. The van der Waals surface area contributed by atoms with E-state index in [-0.39, 0.29) is 0 Å². The predicted molar refractivity (Wildman–Crippen MR) is 120 cm³/mol. The molecule has 4 nitrogen and oxygen atoms in total. The summed E-state index contributed by atoms with van der Waals surface area (Å²) in [7, 11) is 0. The van der Waals surface area contributed by atoms with Gasteiger partial charge in [-0.3, -0.25) is 0 Å². The van der Waals surface area contributed by atoms with Gasteiger partial charge in [0.25, 0.3) is 0 Å². The fourth-order valence-corrected chi connectivity index (χ4v) is 4.06. The average Bonchev–Trinajstić information content (AvgIpc) is 2.94. The molecule has 5 heteroatoms. The monoisotopic (exact) mass is 393 g/mol. The van der Waals surface area contributed by atoms with Gasteiger partial charge in [0.15, 0.2) is 5.11 Å². The number of rotatable bonds is 2. The van der Waals surface area contributed by atoms with E-state index in [4.69, 9.17) is 17.0 Å². The molecule has 1 N–H and O–H groups in total. The molecule has 0 bridgehead atoms. The minimum absolute atomic E-state index is 0.764. The molecule has 146 valence electrons. The molecular formula is C23H27N3OS. The fraction of sp³-hybridized carbons (Fsp3) is 0.348. The molecular weight excluding hydrogens is 366 g/mol. The van der Waals surface area contributed by atoms with Gasteiger partial charge in [-0.15, -0.1) is 0 Å². The summed E-state index contributed by atoms with van der Waals surface area (Å²) < 4.78 is 5.85. The number of benzene rings is 2. The van der Waals surface area contributed by atoms with E-state index in [1.807, 2.05) is 12.1 Å². The van der Waals surface area contributed by atoms with Gasteiger partial charge in [0.2, 0.25) is 0 Å². The smallest absolute Gasteiger partial charge is 0.173 e. The van der Waals surface area contributed by atoms with Crippen molar-refractivity contribution in [3.8, 4) is 5.75 Å². The number of thiocarbonyl (C=S) groups is 1. The zero-order valence-electron chi connectivity index (χ0n) is 16.4. The summed E-state index contributed by atoms with van der Waals surface area (Å²) in [6.45, 7) is 6.74. The predicted octanol–water partition coefficient (Wildman–Crippen LogP) is 4.21. The number of piperazine rings is 1. The molecule has 1 saturated heterocycles. The molecule has 2 aliphatic heterocycles. The van der Waals surface area contributed by atoms with Crippen LogP contribution in [0.25, 0.3) is 5.57 Å². The quantitative estimate of drug-likeness (QED) is 0.772. The van der Waals surface area contributed by atoms with Crippen LogP contribution in [-0.2, 0) is 0 Å². The first-order chi connectivity index (χ1) is 13.7. The number of nitrogens with zero attached hydrogens (tertiary/aromatic N) is 2. The Kier molecular flexibility index (Phi) is 5.81. The molecule has 0 aliphatic carbocycles. The van der Waals surface area contributed by atoms with Gasteiger partial charge >= 0.3 is 0 Å². The van der Waals surface area contributed by atoms with E-state index in [2.05, 4.69) is 64.6 Å². The number of aryl methyl sites for hydroxylation is 1. The molecule has 2 aromatic rings. The van der Waals surface area contributed by atoms with Gasteiger partial charge in [-0.2, -0.15) is 0 Å². The normalized spacial score (nSPS) is 18.2. The van der Waals surface area contributed by atoms with Crippen LogP contribution < -0.4 is 15.0 Å². The van der Waals surface area contributed by atoms with E-state index in [0.717, 1.165) is 56.5 Å². The molecule has 0 aromatic heterocycles. The summed E-state index contributed by atoms with van der Waals surface area (Å²) in [4.78, 5) is 4.70. The zero-order chi connectivity index (χ0) is 19.3. The maximum absolute atomic E-state index is 5.85. The van der Waals surface area contributed by atoms with Crippen molar-refractivity contribution in [1.82, 2.24) is 10.2 Å². The van der Waals surface area contributed by atoms with E-state index in [1.54, 1.807) is 0 Å². The summed E-state index contributed by atoms with van der Waals surface area (Å²) in [5, 5.41) is 4.18. The second kappa shape index (κ2) is 8.65. The number of ether oxygens (including phenoxy) is 1. The average molecular weight is 394 g/mol. The number of allylic oxidation sites excluding steroid dienone is 1. The van der Waals surface area contributed by atoms with Crippen molar-refractivity contribution in [1.29, 1.82) is 0 Å². The maximum atomic E-state index is 5.85. The highest BCUT2D eigenvalue weighted by atomic mass is 32.1. The lowest BCUT2D eigenvalue weighted by Gasteiger charge is -2.37. The Hall–Kier alpha value is -2.53. The summed E-state index contributed by atoms with van der Waals surface area (Å²) in [5.41, 5.74) is 5.03. The summed E-state index contributed by atoms with van der Waals surface area (Å²) >= 11 is 5.67. The summed E-state index contributed by atoms with van der Waals surface area (Å²) in [5.74, 6) is 0.964. The molecule has 0 spiro atoms. The third-order valence-electron chi connectivity index (χ3n) is 5.38. The minimum Gasteiger partial charge on any atom is -0.493 e. The van der Waals surface area contributed by atoms with Crippen LogP contribution in [0.4, 0.5) is 5.69 Å². The van der Waals surface area contributed by atoms with Crippen molar-refractivity contribution in [2.45, 2.75) is 19.8 Å². The van der Waals surface area contributed by atoms with Gasteiger partial charge in [-0.25, -0.2) is 0 Å². The molecule has 28 heavy (non-hydrogen) atoms. The van der Waals surface area contributed by atoms with Gasteiger partial charge in [0, 0.05) is 43.6 Å². The number of hydrogen-bond acceptors (Lipinski definition) is 3. The van der Waals surface area contributed by atoms with Gasteiger partial charge in [-0.1, -0.05) is 30.3 Å². The Balaban J connectivity index is 1.37. The van der Waals surface area contributed by atoms with Gasteiger partial charge < -0.3 is 19.9 Å². The van der Waals surface area contributed by atoms with Gasteiger partial charge in [0.05, 0.1) is 6.61 Å². The zero-order valence-corrected chi connectivity index (χ0v) is 17.2. The van der Waals surface area contributed by atoms with Crippen LogP contribution in [0.15, 0.2) is 54.7 Å². The Morgan fingerprint density at radius 2 is 1.89 bits per heavy atom.